The van der Waals surface area contributed by atoms with Gasteiger partial charge >= 0.3 is 0 Å². The lowest BCUT2D eigenvalue weighted by Crippen LogP contribution is -2.53. The van der Waals surface area contributed by atoms with Gasteiger partial charge in [0.25, 0.3) is 0 Å². The molecule has 5 rings (SSSR count). The number of fused-ring (bicyclic) bond motifs is 1. The molecule has 0 spiro atoms. The van der Waals surface area contributed by atoms with Crippen molar-refractivity contribution in [2.24, 2.45) is 0 Å². The quantitative estimate of drug-likeness (QED) is 0.518. The Bertz CT molecular complexity index is 1090. The molecule has 154 valence electrons. The molecule has 1 fully saturated rings. The van der Waals surface area contributed by atoms with Gasteiger partial charge in [-0.2, -0.15) is 0 Å². The van der Waals surface area contributed by atoms with Crippen molar-refractivity contribution in [3.63, 3.8) is 0 Å². The molecule has 6 nitrogen and oxygen atoms in total. The molecule has 2 aromatic heterocycles. The van der Waals surface area contributed by atoms with Crippen molar-refractivity contribution in [1.29, 1.82) is 0 Å². The smallest absolute Gasteiger partial charge is 0.123 e. The highest BCUT2D eigenvalue weighted by Crippen LogP contribution is 2.34. The first kappa shape index (κ1) is 19.0. The standard InChI is InChI=1S/C24H28N6/c1-2-20(24-14-25-10-11-29(24)15-18-6-4-3-5-7-18)22-13-26-23-9-8-19(12-21(22)23)30-16-27-28-17-30/h3-9,12-13,16-17,20,24-26H,2,10-11,14-15H2,1H3. The van der Waals surface area contributed by atoms with E-state index in [1.807, 2.05) is 4.57 Å². The van der Waals surface area contributed by atoms with Crippen molar-refractivity contribution in [2.45, 2.75) is 31.8 Å². The summed E-state index contributed by atoms with van der Waals surface area (Å²) in [5.74, 6) is 0.450. The molecule has 2 unspecified atom stereocenters. The van der Waals surface area contributed by atoms with Crippen LogP contribution in [0.25, 0.3) is 16.6 Å². The largest absolute Gasteiger partial charge is 0.361 e. The molecule has 6 heteroatoms. The van der Waals surface area contributed by atoms with Crippen molar-refractivity contribution in [3.8, 4) is 5.69 Å². The molecular weight excluding hydrogens is 372 g/mol. The van der Waals surface area contributed by atoms with Crippen LogP contribution in [0.4, 0.5) is 0 Å². The van der Waals surface area contributed by atoms with Gasteiger partial charge in [-0.25, -0.2) is 0 Å². The number of benzene rings is 2. The zero-order valence-electron chi connectivity index (χ0n) is 17.3. The number of rotatable bonds is 6. The van der Waals surface area contributed by atoms with Crippen molar-refractivity contribution in [1.82, 2.24) is 30.0 Å². The number of piperazine rings is 1. The highest BCUT2D eigenvalue weighted by Gasteiger charge is 2.31. The van der Waals surface area contributed by atoms with E-state index in [4.69, 9.17) is 0 Å². The molecule has 0 saturated carbocycles. The van der Waals surface area contributed by atoms with Crippen LogP contribution >= 0.6 is 0 Å². The average Bonchev–Trinajstić information content (AvgIpc) is 3.46. The molecule has 0 aliphatic carbocycles. The zero-order chi connectivity index (χ0) is 20.3. The van der Waals surface area contributed by atoms with E-state index in [2.05, 4.69) is 87.0 Å². The summed E-state index contributed by atoms with van der Waals surface area (Å²) in [5, 5.41) is 12.8. The second kappa shape index (κ2) is 8.42. The molecule has 3 heterocycles. The number of nitrogens with one attached hydrogen (secondary N) is 2. The molecule has 2 aromatic carbocycles. The van der Waals surface area contributed by atoms with Gasteiger partial charge in [-0.05, 0) is 35.7 Å². The van der Waals surface area contributed by atoms with Crippen LogP contribution in [0, 0.1) is 0 Å². The maximum absolute atomic E-state index is 3.95. The van der Waals surface area contributed by atoms with E-state index in [9.17, 15) is 0 Å². The third-order valence-corrected chi connectivity index (χ3v) is 6.34. The van der Waals surface area contributed by atoms with Crippen LogP contribution in [0.15, 0.2) is 67.4 Å². The molecule has 1 aliphatic heterocycles. The monoisotopic (exact) mass is 400 g/mol. The summed E-state index contributed by atoms with van der Waals surface area (Å²) in [4.78, 5) is 6.15. The normalized spacial score (nSPS) is 18.6. The Labute approximate surface area is 176 Å². The maximum atomic E-state index is 3.95. The van der Waals surface area contributed by atoms with Crippen molar-refractivity contribution in [2.75, 3.05) is 19.6 Å². The fourth-order valence-corrected chi connectivity index (χ4v) is 4.81. The lowest BCUT2D eigenvalue weighted by Gasteiger charge is -2.40. The molecule has 2 N–H and O–H groups in total. The van der Waals surface area contributed by atoms with E-state index in [1.165, 1.54) is 22.0 Å². The Morgan fingerprint density at radius 3 is 2.73 bits per heavy atom. The van der Waals surface area contributed by atoms with Crippen LogP contribution in [0.1, 0.15) is 30.4 Å². The van der Waals surface area contributed by atoms with Gasteiger partial charge in [0.1, 0.15) is 12.7 Å². The minimum Gasteiger partial charge on any atom is -0.361 e. The third kappa shape index (κ3) is 3.64. The van der Waals surface area contributed by atoms with E-state index in [-0.39, 0.29) is 0 Å². The van der Waals surface area contributed by atoms with Gasteiger partial charge < -0.3 is 10.3 Å². The predicted molar refractivity (Wildman–Crippen MR) is 120 cm³/mol. The van der Waals surface area contributed by atoms with Crippen molar-refractivity contribution < 1.29 is 0 Å². The topological polar surface area (TPSA) is 61.8 Å². The summed E-state index contributed by atoms with van der Waals surface area (Å²) in [6, 6.07) is 17.8. The van der Waals surface area contributed by atoms with Crippen LogP contribution in [-0.4, -0.2) is 50.3 Å². The lowest BCUT2D eigenvalue weighted by atomic mass is 9.86. The van der Waals surface area contributed by atoms with Gasteiger partial charge in [0, 0.05) is 60.9 Å². The second-order valence-electron chi connectivity index (χ2n) is 8.09. The first-order valence-electron chi connectivity index (χ1n) is 10.8. The van der Waals surface area contributed by atoms with E-state index >= 15 is 0 Å². The molecular formula is C24H28N6. The van der Waals surface area contributed by atoms with E-state index in [0.717, 1.165) is 38.3 Å². The molecule has 2 atom stereocenters. The summed E-state index contributed by atoms with van der Waals surface area (Å²) in [7, 11) is 0. The Morgan fingerprint density at radius 2 is 1.93 bits per heavy atom. The SMILES string of the molecule is CCC(c1c[nH]c2ccc(-n3cnnc3)cc12)C1CNCCN1Cc1ccccc1. The van der Waals surface area contributed by atoms with Crippen LogP contribution in [0.2, 0.25) is 0 Å². The highest BCUT2D eigenvalue weighted by atomic mass is 15.2. The second-order valence-corrected chi connectivity index (χ2v) is 8.09. The molecule has 1 aliphatic rings. The summed E-state index contributed by atoms with van der Waals surface area (Å²) >= 11 is 0. The van der Waals surface area contributed by atoms with Crippen LogP contribution in [0.5, 0.6) is 0 Å². The summed E-state index contributed by atoms with van der Waals surface area (Å²) < 4.78 is 1.96. The molecule has 4 aromatic rings. The molecule has 0 radical (unpaired) electrons. The van der Waals surface area contributed by atoms with Crippen LogP contribution < -0.4 is 5.32 Å². The Morgan fingerprint density at radius 1 is 1.10 bits per heavy atom. The molecule has 30 heavy (non-hydrogen) atoms. The minimum absolute atomic E-state index is 0.450. The molecule has 0 bridgehead atoms. The molecule has 0 amide bonds. The predicted octanol–water partition coefficient (Wildman–Crippen LogP) is 3.72. The number of aromatic amines is 1. The number of aromatic nitrogens is 4. The maximum Gasteiger partial charge on any atom is 0.123 e. The summed E-state index contributed by atoms with van der Waals surface area (Å²) in [5.41, 5.74) is 5.05. The lowest BCUT2D eigenvalue weighted by molar-refractivity contribution is 0.128. The highest BCUT2D eigenvalue weighted by molar-refractivity contribution is 5.85. The first-order chi connectivity index (χ1) is 14.8. The van der Waals surface area contributed by atoms with Gasteiger partial charge in [-0.15, -0.1) is 10.2 Å². The van der Waals surface area contributed by atoms with E-state index in [1.54, 1.807) is 12.7 Å². The van der Waals surface area contributed by atoms with Crippen molar-refractivity contribution in [3.05, 3.63) is 78.5 Å². The van der Waals surface area contributed by atoms with Crippen molar-refractivity contribution >= 4 is 10.9 Å². The van der Waals surface area contributed by atoms with Gasteiger partial charge in [0.2, 0.25) is 0 Å². The fraction of sp³-hybridized carbons (Fsp3) is 0.333. The van der Waals surface area contributed by atoms with Gasteiger partial charge in [-0.1, -0.05) is 37.3 Å². The Hall–Kier alpha value is -2.96. The minimum atomic E-state index is 0.450. The van der Waals surface area contributed by atoms with Crippen LogP contribution in [-0.2, 0) is 6.54 Å². The average molecular weight is 401 g/mol. The number of H-pyrrole nitrogens is 1. The number of hydrogen-bond acceptors (Lipinski definition) is 4. The third-order valence-electron chi connectivity index (χ3n) is 6.34. The molecule has 1 saturated heterocycles. The first-order valence-corrected chi connectivity index (χ1v) is 10.8. The summed E-state index contributed by atoms with van der Waals surface area (Å²) in [6.45, 7) is 6.44. The fourth-order valence-electron chi connectivity index (χ4n) is 4.81. The van der Waals surface area contributed by atoms with Crippen LogP contribution in [0.3, 0.4) is 0 Å². The van der Waals surface area contributed by atoms with Gasteiger partial charge in [-0.3, -0.25) is 9.47 Å². The number of hydrogen-bond donors (Lipinski definition) is 2. The van der Waals surface area contributed by atoms with E-state index in [0.29, 0.717) is 12.0 Å². The van der Waals surface area contributed by atoms with E-state index < -0.39 is 0 Å². The number of nitrogens with zero attached hydrogens (tertiary/aromatic N) is 4. The summed E-state index contributed by atoms with van der Waals surface area (Å²) in [6.07, 6.45) is 6.81. The Balaban J connectivity index is 1.49. The van der Waals surface area contributed by atoms with Gasteiger partial charge in [0.05, 0.1) is 0 Å². The Kier molecular flexibility index (Phi) is 5.34. The zero-order valence-corrected chi connectivity index (χ0v) is 17.3. The van der Waals surface area contributed by atoms with Gasteiger partial charge in [0.15, 0.2) is 0 Å².